The molecule has 2 amide bonds. The molecule has 1 saturated heterocycles. The van der Waals surface area contributed by atoms with E-state index in [2.05, 4.69) is 15.5 Å². The van der Waals surface area contributed by atoms with Gasteiger partial charge in [0.25, 0.3) is 11.8 Å². The number of aromatic nitrogens is 1. The van der Waals surface area contributed by atoms with Gasteiger partial charge in [0.1, 0.15) is 35.5 Å². The molecule has 14 heteroatoms. The molecular formula is C19H23N5O7S2. The molecule has 178 valence electrons. The summed E-state index contributed by atoms with van der Waals surface area (Å²) in [6.45, 7) is 6.18. The summed E-state index contributed by atoms with van der Waals surface area (Å²) in [7, 11) is 0. The van der Waals surface area contributed by atoms with Crippen molar-refractivity contribution >= 4 is 57.7 Å². The van der Waals surface area contributed by atoms with E-state index in [1.165, 1.54) is 30.0 Å². The predicted octanol–water partition coefficient (Wildman–Crippen LogP) is 0.465. The molecular weight excluding hydrogens is 474 g/mol. The van der Waals surface area contributed by atoms with Gasteiger partial charge in [0.15, 0.2) is 10.8 Å². The molecule has 3 heterocycles. The van der Waals surface area contributed by atoms with E-state index in [-0.39, 0.29) is 40.7 Å². The minimum absolute atomic E-state index is 0.134. The second-order valence-electron chi connectivity index (χ2n) is 7.45. The smallest absolute Gasteiger partial charge is 0.352 e. The molecule has 2 atom stereocenters. The SMILES string of the molecule is CC(=O)OCC1=C(C(=O)O)N2C(=O)[C@@H](NC(=O)C(=NOC(C)C)c3nc(N)sc3C)[C@H]2SC1. The average Bonchev–Trinajstić information content (AvgIpc) is 3.06. The second kappa shape index (κ2) is 9.79. The number of nitrogens with one attached hydrogen (secondary N) is 1. The first-order valence-electron chi connectivity index (χ1n) is 9.82. The number of hydrogen-bond donors (Lipinski definition) is 3. The first-order valence-corrected chi connectivity index (χ1v) is 11.7. The summed E-state index contributed by atoms with van der Waals surface area (Å²) < 4.78 is 4.91. The second-order valence-corrected chi connectivity index (χ2v) is 9.79. The predicted molar refractivity (Wildman–Crippen MR) is 120 cm³/mol. The molecule has 0 unspecified atom stereocenters. The van der Waals surface area contributed by atoms with Crippen LogP contribution in [-0.2, 0) is 28.8 Å². The van der Waals surface area contributed by atoms with Crippen LogP contribution in [0.15, 0.2) is 16.4 Å². The number of carboxylic acids is 1. The zero-order valence-electron chi connectivity index (χ0n) is 18.3. The standard InChI is InChI=1S/C19H23N5O7S2/c1-7(2)31-23-12(11-8(3)33-19(20)22-11)15(26)21-13-16(27)24-14(18(28)29)10(5-30-9(4)25)6-32-17(13)24/h7,13,17H,5-6H2,1-4H3,(H2,20,22)(H,21,26)(H,28,29)/t13-,17-/m1/s1. The van der Waals surface area contributed by atoms with Gasteiger partial charge in [-0.25, -0.2) is 9.78 Å². The minimum atomic E-state index is -1.32. The lowest BCUT2D eigenvalue weighted by Crippen LogP contribution is -2.71. The molecule has 0 bridgehead atoms. The van der Waals surface area contributed by atoms with Crippen molar-refractivity contribution in [3.05, 3.63) is 21.8 Å². The van der Waals surface area contributed by atoms with Crippen molar-refractivity contribution < 1.29 is 33.9 Å². The molecule has 1 aromatic heterocycles. The fourth-order valence-electron chi connectivity index (χ4n) is 3.18. The zero-order valence-corrected chi connectivity index (χ0v) is 19.9. The van der Waals surface area contributed by atoms with Gasteiger partial charge in [0.05, 0.1) is 0 Å². The maximum atomic E-state index is 13.0. The third-order valence-corrected chi connectivity index (χ3v) is 6.73. The molecule has 12 nitrogen and oxygen atoms in total. The van der Waals surface area contributed by atoms with Crippen molar-refractivity contribution in [2.24, 2.45) is 5.16 Å². The summed E-state index contributed by atoms with van der Waals surface area (Å²) in [5.74, 6) is -2.96. The molecule has 4 N–H and O–H groups in total. The van der Waals surface area contributed by atoms with Gasteiger partial charge in [-0.3, -0.25) is 19.3 Å². The number of nitrogen functional groups attached to an aromatic ring is 1. The Kier molecular flexibility index (Phi) is 7.27. The lowest BCUT2D eigenvalue weighted by Gasteiger charge is -2.49. The van der Waals surface area contributed by atoms with Crippen molar-refractivity contribution in [1.29, 1.82) is 0 Å². The summed E-state index contributed by atoms with van der Waals surface area (Å²) >= 11 is 2.43. The first-order chi connectivity index (χ1) is 15.5. The van der Waals surface area contributed by atoms with E-state index in [1.807, 2.05) is 0 Å². The van der Waals surface area contributed by atoms with Gasteiger partial charge in [-0.2, -0.15) is 0 Å². The average molecular weight is 498 g/mol. The summed E-state index contributed by atoms with van der Waals surface area (Å²) in [5.41, 5.74) is 5.92. The van der Waals surface area contributed by atoms with Gasteiger partial charge in [-0.05, 0) is 20.8 Å². The highest BCUT2D eigenvalue weighted by Gasteiger charge is 2.54. The number of β-lactam (4-membered cyclic amide) rings is 1. The first kappa shape index (κ1) is 24.5. The molecule has 2 aliphatic heterocycles. The third kappa shape index (κ3) is 5.11. The van der Waals surface area contributed by atoms with Crippen LogP contribution in [0.1, 0.15) is 31.3 Å². The van der Waals surface area contributed by atoms with Gasteiger partial charge in [-0.15, -0.1) is 23.1 Å². The number of carbonyl (C=O) groups excluding carboxylic acids is 3. The number of amides is 2. The lowest BCUT2D eigenvalue weighted by atomic mass is 10.0. The molecule has 1 aromatic rings. The van der Waals surface area contributed by atoms with Gasteiger partial charge >= 0.3 is 11.9 Å². The van der Waals surface area contributed by atoms with Crippen LogP contribution in [0.4, 0.5) is 5.13 Å². The Morgan fingerprint density at radius 1 is 1.39 bits per heavy atom. The fraction of sp³-hybridized carbons (Fsp3) is 0.474. The Morgan fingerprint density at radius 3 is 2.64 bits per heavy atom. The van der Waals surface area contributed by atoms with E-state index in [0.717, 1.165) is 4.90 Å². The lowest BCUT2D eigenvalue weighted by molar-refractivity contribution is -0.150. The number of nitrogens with two attached hydrogens (primary N) is 1. The number of aryl methyl sites for hydroxylation is 1. The van der Waals surface area contributed by atoms with Gasteiger partial charge < -0.3 is 25.7 Å². The number of aliphatic carboxylic acids is 1. The highest BCUT2D eigenvalue weighted by molar-refractivity contribution is 8.00. The van der Waals surface area contributed by atoms with Crippen LogP contribution < -0.4 is 11.1 Å². The maximum Gasteiger partial charge on any atom is 0.352 e. The van der Waals surface area contributed by atoms with Crippen LogP contribution in [0, 0.1) is 6.92 Å². The number of ether oxygens (including phenoxy) is 1. The molecule has 0 aromatic carbocycles. The number of rotatable bonds is 8. The summed E-state index contributed by atoms with van der Waals surface area (Å²) in [5, 5.41) is 15.8. The molecule has 33 heavy (non-hydrogen) atoms. The zero-order chi connectivity index (χ0) is 24.4. The highest BCUT2D eigenvalue weighted by Crippen LogP contribution is 2.40. The Labute approximate surface area is 197 Å². The normalized spacial score (nSPS) is 20.3. The number of thioether (sulfide) groups is 1. The van der Waals surface area contributed by atoms with Gasteiger partial charge in [0.2, 0.25) is 0 Å². The number of oxime groups is 1. The Morgan fingerprint density at radius 2 is 2.09 bits per heavy atom. The Hall–Kier alpha value is -3.13. The monoisotopic (exact) mass is 497 g/mol. The number of nitrogens with zero attached hydrogens (tertiary/aromatic N) is 3. The maximum absolute atomic E-state index is 13.0. The van der Waals surface area contributed by atoms with Gasteiger partial charge in [-0.1, -0.05) is 5.16 Å². The third-order valence-electron chi connectivity index (χ3n) is 4.59. The Balaban J connectivity index is 1.81. The van der Waals surface area contributed by atoms with Crippen molar-refractivity contribution in [1.82, 2.24) is 15.2 Å². The number of carbonyl (C=O) groups is 4. The van der Waals surface area contributed by atoms with Crippen molar-refractivity contribution in [2.45, 2.75) is 45.2 Å². The molecule has 2 aliphatic rings. The van der Waals surface area contributed by atoms with Crippen LogP contribution in [0.2, 0.25) is 0 Å². The van der Waals surface area contributed by atoms with Crippen LogP contribution in [0.25, 0.3) is 0 Å². The molecule has 0 spiro atoms. The largest absolute Gasteiger partial charge is 0.477 e. The van der Waals surface area contributed by atoms with Crippen LogP contribution in [0.3, 0.4) is 0 Å². The number of fused-ring (bicyclic) bond motifs is 1. The highest BCUT2D eigenvalue weighted by atomic mass is 32.2. The van der Waals surface area contributed by atoms with E-state index in [4.69, 9.17) is 15.3 Å². The number of anilines is 1. The van der Waals surface area contributed by atoms with E-state index in [9.17, 15) is 24.3 Å². The molecule has 1 fully saturated rings. The number of carboxylic acid groups (broad SMARTS) is 1. The van der Waals surface area contributed by atoms with E-state index < -0.39 is 35.2 Å². The van der Waals surface area contributed by atoms with Crippen LogP contribution in [0.5, 0.6) is 0 Å². The van der Waals surface area contributed by atoms with Crippen molar-refractivity contribution in [3.63, 3.8) is 0 Å². The molecule has 3 rings (SSSR count). The topological polar surface area (TPSA) is 174 Å². The van der Waals surface area contributed by atoms with Crippen LogP contribution in [-0.4, -0.2) is 74.3 Å². The molecule has 0 radical (unpaired) electrons. The summed E-state index contributed by atoms with van der Waals surface area (Å²) in [6, 6.07) is -0.979. The van der Waals surface area contributed by atoms with E-state index >= 15 is 0 Å². The quantitative estimate of drug-likeness (QED) is 0.198. The van der Waals surface area contributed by atoms with E-state index in [1.54, 1.807) is 20.8 Å². The number of thiazole rings is 1. The van der Waals surface area contributed by atoms with Crippen molar-refractivity contribution in [2.75, 3.05) is 18.1 Å². The number of hydrogen-bond acceptors (Lipinski definition) is 11. The van der Waals surface area contributed by atoms with Crippen molar-refractivity contribution in [3.8, 4) is 0 Å². The Bertz CT molecular complexity index is 1060. The molecule has 0 aliphatic carbocycles. The summed E-state index contributed by atoms with van der Waals surface area (Å²) in [4.78, 5) is 59.9. The summed E-state index contributed by atoms with van der Waals surface area (Å²) in [6.07, 6.45) is -0.308. The van der Waals surface area contributed by atoms with Crippen LogP contribution >= 0.6 is 23.1 Å². The number of esters is 1. The minimum Gasteiger partial charge on any atom is -0.477 e. The van der Waals surface area contributed by atoms with E-state index in [0.29, 0.717) is 10.5 Å². The molecule has 0 saturated carbocycles. The fourth-order valence-corrected chi connectivity index (χ4v) is 5.20. The van der Waals surface area contributed by atoms with Gasteiger partial charge in [0, 0.05) is 23.1 Å².